The Balaban J connectivity index is 1.69. The van der Waals surface area contributed by atoms with Gasteiger partial charge < -0.3 is 10.1 Å². The van der Waals surface area contributed by atoms with Gasteiger partial charge in [0.1, 0.15) is 0 Å². The second-order valence-corrected chi connectivity index (χ2v) is 8.55. The monoisotopic (exact) mass is 421 g/mol. The van der Waals surface area contributed by atoms with Crippen LogP contribution in [0.2, 0.25) is 0 Å². The van der Waals surface area contributed by atoms with Crippen LogP contribution in [-0.2, 0) is 30.5 Å². The lowest BCUT2D eigenvalue weighted by molar-refractivity contribution is -0.218. The van der Waals surface area contributed by atoms with Crippen molar-refractivity contribution in [3.05, 3.63) is 29.7 Å². The van der Waals surface area contributed by atoms with E-state index in [1.54, 1.807) is 17.4 Å². The van der Waals surface area contributed by atoms with Gasteiger partial charge in [-0.25, -0.2) is 5.06 Å². The molecule has 1 unspecified atom stereocenters. The topological polar surface area (TPSA) is 88.2 Å². The summed E-state index contributed by atoms with van der Waals surface area (Å²) in [6.45, 7) is 7.55. The summed E-state index contributed by atoms with van der Waals surface area (Å²) in [5.74, 6) is -1.17. The number of methoxy groups -OCH3 is 1. The molecule has 29 heavy (non-hydrogen) atoms. The Morgan fingerprint density at radius 2 is 2.10 bits per heavy atom. The molecule has 2 aliphatic heterocycles. The van der Waals surface area contributed by atoms with E-state index in [0.29, 0.717) is 12.8 Å². The first-order valence-electron chi connectivity index (χ1n) is 9.63. The third kappa shape index (κ3) is 4.52. The first kappa shape index (κ1) is 21.5. The number of piperidine rings is 1. The highest BCUT2D eigenvalue weighted by atomic mass is 32.1. The van der Waals surface area contributed by atoms with Crippen LogP contribution in [0.3, 0.4) is 0 Å². The fraction of sp³-hybridized carbons (Fsp3) is 0.550. The number of amides is 2. The molecule has 2 saturated heterocycles. The molecule has 0 radical (unpaired) electrons. The molecule has 3 heterocycles. The summed E-state index contributed by atoms with van der Waals surface area (Å²) in [7, 11) is 1.35. The van der Waals surface area contributed by atoms with E-state index in [2.05, 4.69) is 16.8 Å². The number of hydrogen-bond donors (Lipinski definition) is 1. The van der Waals surface area contributed by atoms with Crippen LogP contribution in [0.4, 0.5) is 5.00 Å². The van der Waals surface area contributed by atoms with Gasteiger partial charge >= 0.3 is 5.97 Å². The predicted octanol–water partition coefficient (Wildman–Crippen LogP) is 2.18. The van der Waals surface area contributed by atoms with E-state index in [-0.39, 0.29) is 30.8 Å². The number of nitrogens with zero attached hydrogens (tertiary/aromatic N) is 2. The Morgan fingerprint density at radius 1 is 1.38 bits per heavy atom. The molecular formula is C20H27N3O5S. The second-order valence-electron chi connectivity index (χ2n) is 7.38. The Labute approximate surface area is 174 Å². The van der Waals surface area contributed by atoms with Gasteiger partial charge in [0.15, 0.2) is 0 Å². The number of hydroxylamine groups is 2. The molecule has 3 rings (SSSR count). The Morgan fingerprint density at radius 3 is 2.72 bits per heavy atom. The highest BCUT2D eigenvalue weighted by Gasteiger charge is 2.58. The van der Waals surface area contributed by atoms with E-state index >= 15 is 0 Å². The summed E-state index contributed by atoms with van der Waals surface area (Å²) >= 11 is 1.55. The van der Waals surface area contributed by atoms with Crippen molar-refractivity contribution in [1.82, 2.24) is 9.96 Å². The van der Waals surface area contributed by atoms with Gasteiger partial charge in [-0.05, 0) is 25.0 Å². The van der Waals surface area contributed by atoms with E-state index in [1.165, 1.54) is 19.1 Å². The van der Waals surface area contributed by atoms with E-state index in [0.717, 1.165) is 29.5 Å². The molecule has 1 N–H and O–H groups in total. The molecule has 0 saturated carbocycles. The maximum Gasteiger partial charge on any atom is 0.311 e. The molecule has 0 aliphatic carbocycles. The lowest BCUT2D eigenvalue weighted by Gasteiger charge is -2.45. The van der Waals surface area contributed by atoms with Gasteiger partial charge in [-0.15, -0.1) is 17.9 Å². The first-order chi connectivity index (χ1) is 13.9. The van der Waals surface area contributed by atoms with Crippen LogP contribution in [-0.4, -0.2) is 60.1 Å². The van der Waals surface area contributed by atoms with Gasteiger partial charge in [-0.3, -0.25) is 24.1 Å². The van der Waals surface area contributed by atoms with Crippen LogP contribution in [0, 0.1) is 5.92 Å². The van der Waals surface area contributed by atoms with Crippen LogP contribution < -0.4 is 5.32 Å². The molecule has 0 bridgehead atoms. The number of carbonyl (C=O) groups excluding carboxylic acids is 3. The number of ether oxygens (including phenoxy) is 1. The SMILES string of the molecule is C=CCON1C(=O)CC(C(=O)OC)C12CCN(Cc1ccc(NC(C)=O)s1)CC2. The van der Waals surface area contributed by atoms with Crippen molar-refractivity contribution in [2.75, 3.05) is 32.1 Å². The van der Waals surface area contributed by atoms with Crippen molar-refractivity contribution < 1.29 is 24.0 Å². The highest BCUT2D eigenvalue weighted by molar-refractivity contribution is 7.16. The number of likely N-dealkylation sites (tertiary alicyclic amines) is 1. The number of anilines is 1. The molecule has 9 heteroatoms. The van der Waals surface area contributed by atoms with Crippen molar-refractivity contribution in [3.8, 4) is 0 Å². The maximum absolute atomic E-state index is 12.6. The first-order valence-corrected chi connectivity index (χ1v) is 10.4. The zero-order valence-electron chi connectivity index (χ0n) is 16.8. The van der Waals surface area contributed by atoms with Crippen LogP contribution in [0.5, 0.6) is 0 Å². The molecule has 8 nitrogen and oxygen atoms in total. The van der Waals surface area contributed by atoms with E-state index in [9.17, 15) is 14.4 Å². The number of hydrogen-bond acceptors (Lipinski definition) is 7. The number of rotatable bonds is 7. The minimum Gasteiger partial charge on any atom is -0.469 e. The summed E-state index contributed by atoms with van der Waals surface area (Å²) < 4.78 is 4.98. The van der Waals surface area contributed by atoms with Crippen LogP contribution in [0.1, 0.15) is 31.1 Å². The van der Waals surface area contributed by atoms with Gasteiger partial charge in [-0.2, -0.15) is 0 Å². The van der Waals surface area contributed by atoms with E-state index in [4.69, 9.17) is 9.57 Å². The highest BCUT2D eigenvalue weighted by Crippen LogP contribution is 2.44. The van der Waals surface area contributed by atoms with Crippen molar-refractivity contribution in [2.45, 2.75) is 38.3 Å². The minimum absolute atomic E-state index is 0.0855. The summed E-state index contributed by atoms with van der Waals surface area (Å²) in [6.07, 6.45) is 2.94. The Hall–Kier alpha value is -2.23. The zero-order valence-corrected chi connectivity index (χ0v) is 17.6. The largest absolute Gasteiger partial charge is 0.469 e. The standard InChI is InChI=1S/C20H27N3O5S/c1-4-11-28-23-18(25)12-16(19(26)27-3)20(23)7-9-22(10-8-20)13-15-5-6-17(29-15)21-14(2)24/h4-6,16H,1,7-13H2,2-3H3,(H,21,24). The average molecular weight is 422 g/mol. The summed E-state index contributed by atoms with van der Waals surface area (Å²) in [5, 5.41) is 5.04. The number of nitrogens with one attached hydrogen (secondary N) is 1. The molecule has 158 valence electrons. The average Bonchev–Trinajstić information content (AvgIpc) is 3.23. The Kier molecular flexibility index (Phi) is 6.71. The quantitative estimate of drug-likeness (QED) is 0.536. The summed E-state index contributed by atoms with van der Waals surface area (Å²) in [5.41, 5.74) is -0.680. The molecule has 1 atom stereocenters. The normalized spacial score (nSPS) is 21.4. The molecule has 2 amide bonds. The lowest BCUT2D eigenvalue weighted by atomic mass is 9.77. The van der Waals surface area contributed by atoms with Crippen molar-refractivity contribution >= 4 is 34.1 Å². The molecule has 1 aromatic rings. The number of esters is 1. The second kappa shape index (κ2) is 9.06. The summed E-state index contributed by atoms with van der Waals surface area (Å²) in [4.78, 5) is 45.3. The van der Waals surface area contributed by atoms with Crippen molar-refractivity contribution in [3.63, 3.8) is 0 Å². The zero-order chi connectivity index (χ0) is 21.0. The fourth-order valence-corrected chi connectivity index (χ4v) is 5.18. The van der Waals surface area contributed by atoms with E-state index in [1.807, 2.05) is 12.1 Å². The van der Waals surface area contributed by atoms with Gasteiger partial charge in [0.05, 0.1) is 30.2 Å². The molecule has 2 fully saturated rings. The third-order valence-electron chi connectivity index (χ3n) is 5.53. The van der Waals surface area contributed by atoms with Gasteiger partial charge in [0.2, 0.25) is 11.8 Å². The smallest absolute Gasteiger partial charge is 0.311 e. The van der Waals surface area contributed by atoms with E-state index < -0.39 is 11.5 Å². The van der Waals surface area contributed by atoms with Crippen LogP contribution in [0.15, 0.2) is 24.8 Å². The third-order valence-corrected chi connectivity index (χ3v) is 6.51. The number of carbonyl (C=O) groups is 3. The van der Waals surface area contributed by atoms with Crippen molar-refractivity contribution in [1.29, 1.82) is 0 Å². The summed E-state index contributed by atoms with van der Waals surface area (Å²) in [6, 6.07) is 3.91. The fourth-order valence-electron chi connectivity index (χ4n) is 4.18. The molecular weight excluding hydrogens is 394 g/mol. The van der Waals surface area contributed by atoms with Crippen LogP contribution >= 0.6 is 11.3 Å². The molecule has 1 spiro atoms. The Bertz CT molecular complexity index is 785. The minimum atomic E-state index is -0.680. The van der Waals surface area contributed by atoms with Crippen molar-refractivity contribution in [2.24, 2.45) is 5.92 Å². The molecule has 1 aromatic heterocycles. The van der Waals surface area contributed by atoms with Crippen LogP contribution in [0.25, 0.3) is 0 Å². The number of thiophene rings is 1. The predicted molar refractivity (Wildman–Crippen MR) is 109 cm³/mol. The molecule has 2 aliphatic rings. The van der Waals surface area contributed by atoms with Gasteiger partial charge in [0, 0.05) is 37.9 Å². The van der Waals surface area contributed by atoms with Gasteiger partial charge in [0.25, 0.3) is 0 Å². The lowest BCUT2D eigenvalue weighted by Crippen LogP contribution is -2.57. The maximum atomic E-state index is 12.6. The molecule has 0 aromatic carbocycles. The van der Waals surface area contributed by atoms with Gasteiger partial charge in [-0.1, -0.05) is 6.08 Å².